The van der Waals surface area contributed by atoms with Crippen LogP contribution in [0.4, 0.5) is 0 Å². The van der Waals surface area contributed by atoms with Crippen molar-refractivity contribution in [3.05, 3.63) is 16.1 Å². The molecule has 4 heteroatoms. The number of rotatable bonds is 5. The molecule has 0 saturated heterocycles. The Hall–Kier alpha value is 0.160. The maximum absolute atomic E-state index is 4.22. The van der Waals surface area contributed by atoms with Crippen molar-refractivity contribution in [1.29, 1.82) is 0 Å². The van der Waals surface area contributed by atoms with Gasteiger partial charge in [0, 0.05) is 6.20 Å². The summed E-state index contributed by atoms with van der Waals surface area (Å²) in [5, 5.41) is 1.12. The van der Waals surface area contributed by atoms with Crippen LogP contribution in [0.2, 0.25) is 0 Å². The number of nitrogens with zero attached hydrogens (tertiary/aromatic N) is 2. The number of thioether (sulfide) groups is 1. The second-order valence-electron chi connectivity index (χ2n) is 2.73. The third kappa shape index (κ3) is 4.26. The van der Waals surface area contributed by atoms with Crippen LogP contribution in [0.25, 0.3) is 0 Å². The number of hydrogen-bond donors (Lipinski definition) is 0. The lowest BCUT2D eigenvalue weighted by Gasteiger charge is -2.01. The highest BCUT2D eigenvalue weighted by Crippen LogP contribution is 2.21. The summed E-state index contributed by atoms with van der Waals surface area (Å²) in [6, 6.07) is 0. The summed E-state index contributed by atoms with van der Waals surface area (Å²) in [5.41, 5.74) is 0. The zero-order chi connectivity index (χ0) is 9.52. The molecule has 0 aliphatic carbocycles. The van der Waals surface area contributed by atoms with Crippen LogP contribution in [0.15, 0.2) is 17.6 Å². The fraction of sp³-hybridized carbons (Fsp3) is 0.556. The standard InChI is InChI=1S/C9H13IN2S/c1-2-3-4-5-13-9-8(10)6-11-7-12-9/h6-7H,2-5H2,1H3. The van der Waals surface area contributed by atoms with Gasteiger partial charge in [-0.25, -0.2) is 9.97 Å². The van der Waals surface area contributed by atoms with Gasteiger partial charge < -0.3 is 0 Å². The van der Waals surface area contributed by atoms with E-state index in [0.717, 1.165) is 8.60 Å². The third-order valence-corrected chi connectivity index (χ3v) is 3.87. The Morgan fingerprint density at radius 1 is 1.46 bits per heavy atom. The van der Waals surface area contributed by atoms with Gasteiger partial charge in [-0.15, -0.1) is 11.8 Å². The molecule has 0 aliphatic rings. The van der Waals surface area contributed by atoms with Crippen LogP contribution in [-0.2, 0) is 0 Å². The predicted molar refractivity (Wildman–Crippen MR) is 65.0 cm³/mol. The van der Waals surface area contributed by atoms with Crippen molar-refractivity contribution < 1.29 is 0 Å². The van der Waals surface area contributed by atoms with Gasteiger partial charge in [-0.2, -0.15) is 0 Å². The molecule has 0 amide bonds. The van der Waals surface area contributed by atoms with Crippen molar-refractivity contribution in [3.63, 3.8) is 0 Å². The van der Waals surface area contributed by atoms with Gasteiger partial charge >= 0.3 is 0 Å². The SMILES string of the molecule is CCCCCSc1ncncc1I. The van der Waals surface area contributed by atoms with E-state index >= 15 is 0 Å². The van der Waals surface area contributed by atoms with Crippen LogP contribution >= 0.6 is 34.4 Å². The Bertz CT molecular complexity index is 255. The van der Waals surface area contributed by atoms with Gasteiger partial charge in [-0.05, 0) is 34.8 Å². The highest BCUT2D eigenvalue weighted by Gasteiger charge is 2.00. The minimum absolute atomic E-state index is 1.12. The Morgan fingerprint density at radius 2 is 2.31 bits per heavy atom. The molecule has 0 aliphatic heterocycles. The van der Waals surface area contributed by atoms with Crippen LogP contribution in [-0.4, -0.2) is 15.7 Å². The molecule has 13 heavy (non-hydrogen) atoms. The topological polar surface area (TPSA) is 25.8 Å². The van der Waals surface area contributed by atoms with Crippen molar-refractivity contribution >= 4 is 34.4 Å². The summed E-state index contributed by atoms with van der Waals surface area (Å²) in [5.74, 6) is 1.17. The summed E-state index contributed by atoms with van der Waals surface area (Å²) in [4.78, 5) is 8.18. The molecule has 0 saturated carbocycles. The summed E-state index contributed by atoms with van der Waals surface area (Å²) in [7, 11) is 0. The monoisotopic (exact) mass is 308 g/mol. The normalized spacial score (nSPS) is 10.3. The maximum Gasteiger partial charge on any atom is 0.116 e. The lowest BCUT2D eigenvalue weighted by Crippen LogP contribution is -1.88. The first-order valence-electron chi connectivity index (χ1n) is 4.43. The van der Waals surface area contributed by atoms with Crippen molar-refractivity contribution in [2.24, 2.45) is 0 Å². The number of aromatic nitrogens is 2. The molecular weight excluding hydrogens is 295 g/mol. The van der Waals surface area contributed by atoms with Gasteiger partial charge in [-0.1, -0.05) is 19.8 Å². The Balaban J connectivity index is 2.32. The minimum atomic E-state index is 1.12. The van der Waals surface area contributed by atoms with E-state index in [2.05, 4.69) is 39.5 Å². The van der Waals surface area contributed by atoms with E-state index in [-0.39, 0.29) is 0 Å². The Labute approximate surface area is 97.1 Å². The lowest BCUT2D eigenvalue weighted by molar-refractivity contribution is 0.778. The van der Waals surface area contributed by atoms with Crippen molar-refractivity contribution in [2.45, 2.75) is 31.2 Å². The lowest BCUT2D eigenvalue weighted by atomic mass is 10.3. The van der Waals surface area contributed by atoms with Gasteiger partial charge in [0.05, 0.1) is 3.57 Å². The number of unbranched alkanes of at least 4 members (excludes halogenated alkanes) is 2. The molecule has 2 nitrogen and oxygen atoms in total. The van der Waals surface area contributed by atoms with Gasteiger partial charge in [0.2, 0.25) is 0 Å². The molecule has 0 radical (unpaired) electrons. The van der Waals surface area contributed by atoms with E-state index in [1.807, 2.05) is 18.0 Å². The number of hydrogen-bond acceptors (Lipinski definition) is 3. The van der Waals surface area contributed by atoms with Crippen molar-refractivity contribution in [1.82, 2.24) is 9.97 Å². The van der Waals surface area contributed by atoms with E-state index < -0.39 is 0 Å². The molecule has 72 valence electrons. The molecule has 0 unspecified atom stereocenters. The Morgan fingerprint density at radius 3 is 3.00 bits per heavy atom. The fourth-order valence-electron chi connectivity index (χ4n) is 0.929. The molecule has 1 aromatic heterocycles. The maximum atomic E-state index is 4.22. The first-order valence-corrected chi connectivity index (χ1v) is 6.49. The van der Waals surface area contributed by atoms with E-state index in [1.54, 1.807) is 6.33 Å². The second kappa shape index (κ2) is 6.59. The summed E-state index contributed by atoms with van der Waals surface area (Å²) < 4.78 is 1.15. The molecule has 0 bridgehead atoms. The predicted octanol–water partition coefficient (Wildman–Crippen LogP) is 3.36. The summed E-state index contributed by atoms with van der Waals surface area (Å²) >= 11 is 4.10. The quantitative estimate of drug-likeness (QED) is 0.361. The molecule has 1 rings (SSSR count). The van der Waals surface area contributed by atoms with Crippen LogP contribution in [0.3, 0.4) is 0 Å². The zero-order valence-electron chi connectivity index (χ0n) is 7.66. The van der Waals surface area contributed by atoms with E-state index in [4.69, 9.17) is 0 Å². The van der Waals surface area contributed by atoms with Gasteiger partial charge in [0.25, 0.3) is 0 Å². The highest BCUT2D eigenvalue weighted by atomic mass is 127. The van der Waals surface area contributed by atoms with E-state index in [1.165, 1.54) is 25.0 Å². The minimum Gasteiger partial charge on any atom is -0.244 e. The average Bonchev–Trinajstić information content (AvgIpc) is 2.15. The van der Waals surface area contributed by atoms with Gasteiger partial charge in [-0.3, -0.25) is 0 Å². The molecule has 0 spiro atoms. The molecule has 0 atom stereocenters. The second-order valence-corrected chi connectivity index (χ2v) is 4.98. The highest BCUT2D eigenvalue weighted by molar-refractivity contribution is 14.1. The van der Waals surface area contributed by atoms with E-state index in [0.29, 0.717) is 0 Å². The van der Waals surface area contributed by atoms with Gasteiger partial charge in [0.15, 0.2) is 0 Å². The van der Waals surface area contributed by atoms with Crippen LogP contribution < -0.4 is 0 Å². The molecule has 1 aromatic rings. The molecular formula is C9H13IN2S. The van der Waals surface area contributed by atoms with Crippen LogP contribution in [0, 0.1) is 3.57 Å². The first kappa shape index (κ1) is 11.2. The first-order chi connectivity index (χ1) is 6.34. The number of halogens is 1. The molecule has 0 N–H and O–H groups in total. The molecule has 0 fully saturated rings. The zero-order valence-corrected chi connectivity index (χ0v) is 10.6. The third-order valence-electron chi connectivity index (χ3n) is 1.62. The fourth-order valence-corrected chi connectivity index (χ4v) is 2.55. The Kier molecular flexibility index (Phi) is 5.70. The largest absolute Gasteiger partial charge is 0.244 e. The van der Waals surface area contributed by atoms with Crippen molar-refractivity contribution in [3.8, 4) is 0 Å². The summed E-state index contributed by atoms with van der Waals surface area (Å²) in [6.45, 7) is 2.22. The van der Waals surface area contributed by atoms with Gasteiger partial charge in [0.1, 0.15) is 11.4 Å². The summed E-state index contributed by atoms with van der Waals surface area (Å²) in [6.07, 6.45) is 7.34. The van der Waals surface area contributed by atoms with Crippen LogP contribution in [0.1, 0.15) is 26.2 Å². The smallest absolute Gasteiger partial charge is 0.116 e. The molecule has 1 heterocycles. The van der Waals surface area contributed by atoms with Crippen LogP contribution in [0.5, 0.6) is 0 Å². The average molecular weight is 308 g/mol. The van der Waals surface area contributed by atoms with E-state index in [9.17, 15) is 0 Å². The van der Waals surface area contributed by atoms with Crippen molar-refractivity contribution in [2.75, 3.05) is 5.75 Å². The molecule has 0 aromatic carbocycles.